The number of carboxylic acid groups (broad SMARTS) is 1. The maximum atomic E-state index is 11.9. The molecule has 0 aliphatic carbocycles. The molecule has 4 heterocycles. The molecule has 170 valence electrons. The van der Waals surface area contributed by atoms with Gasteiger partial charge in [-0.15, -0.1) is 11.3 Å². The highest BCUT2D eigenvalue weighted by Gasteiger charge is 2.28. The molecule has 0 unspecified atom stereocenters. The van der Waals surface area contributed by atoms with Crippen LogP contribution in [0.25, 0.3) is 21.3 Å². The molecular weight excluding hydrogens is 424 g/mol. The fourth-order valence-electron chi connectivity index (χ4n) is 4.91. The van der Waals surface area contributed by atoms with E-state index in [0.717, 1.165) is 72.9 Å². The van der Waals surface area contributed by atoms with Crippen molar-refractivity contribution in [2.24, 2.45) is 5.92 Å². The molecule has 0 saturated carbocycles. The summed E-state index contributed by atoms with van der Waals surface area (Å²) in [5, 5.41) is 18.4. The molecule has 32 heavy (non-hydrogen) atoms. The molecule has 0 atom stereocenters. The molecule has 2 aromatic heterocycles. The average molecular weight is 455 g/mol. The van der Waals surface area contributed by atoms with Crippen molar-refractivity contribution in [1.29, 1.82) is 0 Å². The van der Waals surface area contributed by atoms with Crippen molar-refractivity contribution in [3.63, 3.8) is 0 Å². The maximum absolute atomic E-state index is 11.9. The van der Waals surface area contributed by atoms with Gasteiger partial charge < -0.3 is 19.6 Å². The fraction of sp³-hybridized carbons (Fsp3) is 0.500. The maximum Gasteiger partial charge on any atom is 0.346 e. The zero-order chi connectivity index (χ0) is 21.9. The first kappa shape index (κ1) is 21.4. The highest BCUT2D eigenvalue weighted by molar-refractivity contribution is 7.21. The van der Waals surface area contributed by atoms with Gasteiger partial charge >= 0.3 is 5.97 Å². The fourth-order valence-corrected chi connectivity index (χ4v) is 5.90. The topological polar surface area (TPSA) is 81.7 Å². The molecule has 5 rings (SSSR count). The van der Waals surface area contributed by atoms with E-state index in [9.17, 15) is 9.90 Å². The van der Waals surface area contributed by atoms with Crippen molar-refractivity contribution in [3.05, 3.63) is 35.2 Å². The Hall–Kier alpha value is -2.42. The summed E-state index contributed by atoms with van der Waals surface area (Å²) in [5.74, 6) is 0.618. The van der Waals surface area contributed by atoms with Gasteiger partial charge in [-0.1, -0.05) is 30.3 Å². The van der Waals surface area contributed by atoms with Crippen molar-refractivity contribution in [3.8, 4) is 11.1 Å². The number of ether oxygens (including phenoxy) is 1. The second kappa shape index (κ2) is 9.60. The van der Waals surface area contributed by atoms with E-state index in [-0.39, 0.29) is 0 Å². The third kappa shape index (κ3) is 4.40. The summed E-state index contributed by atoms with van der Waals surface area (Å²) in [6.07, 6.45) is 4.79. The van der Waals surface area contributed by atoms with E-state index in [4.69, 9.17) is 4.74 Å². The number of thiophene rings is 1. The van der Waals surface area contributed by atoms with Crippen LogP contribution in [0.15, 0.2) is 30.3 Å². The average Bonchev–Trinajstić information content (AvgIpc) is 3.55. The highest BCUT2D eigenvalue weighted by atomic mass is 32.1. The van der Waals surface area contributed by atoms with Crippen molar-refractivity contribution in [1.82, 2.24) is 15.1 Å². The van der Waals surface area contributed by atoms with E-state index in [1.807, 2.05) is 30.3 Å². The predicted octanol–water partition coefficient (Wildman–Crippen LogP) is 4.32. The van der Waals surface area contributed by atoms with Gasteiger partial charge in [0.25, 0.3) is 0 Å². The first-order chi connectivity index (χ1) is 15.7. The Morgan fingerprint density at radius 3 is 2.62 bits per heavy atom. The van der Waals surface area contributed by atoms with Crippen LogP contribution in [-0.2, 0) is 4.74 Å². The standard InChI is InChI=1S/C24H30N4O3S/c29-24(30)21-19(18-6-2-1-3-7-18)20-22(25-26-23(20)32-21)28-12-8-17(9-13-28)16-31-15-14-27-10-4-5-11-27/h1-3,6-7,17H,4-5,8-16H2,(H,25,26)(H,29,30). The zero-order valence-electron chi connectivity index (χ0n) is 18.3. The van der Waals surface area contributed by atoms with Gasteiger partial charge in [-0.05, 0) is 50.3 Å². The van der Waals surface area contributed by atoms with Gasteiger partial charge in [0.15, 0.2) is 0 Å². The van der Waals surface area contributed by atoms with Gasteiger partial charge in [0.1, 0.15) is 15.5 Å². The summed E-state index contributed by atoms with van der Waals surface area (Å²) in [6.45, 7) is 6.99. The van der Waals surface area contributed by atoms with Gasteiger partial charge in [0.05, 0.1) is 12.0 Å². The zero-order valence-corrected chi connectivity index (χ0v) is 19.1. The number of hydrogen-bond donors (Lipinski definition) is 2. The lowest BCUT2D eigenvalue weighted by Gasteiger charge is -2.32. The number of aromatic amines is 1. The Kier molecular flexibility index (Phi) is 6.43. The van der Waals surface area contributed by atoms with Crippen LogP contribution in [0.3, 0.4) is 0 Å². The molecule has 2 saturated heterocycles. The Bertz CT molecular complexity index is 1050. The number of aromatic carboxylic acids is 1. The number of benzene rings is 1. The van der Waals surface area contributed by atoms with Gasteiger partial charge in [-0.3, -0.25) is 5.10 Å². The van der Waals surface area contributed by atoms with E-state index < -0.39 is 5.97 Å². The second-order valence-electron chi connectivity index (χ2n) is 8.78. The quantitative estimate of drug-likeness (QED) is 0.494. The minimum atomic E-state index is -0.900. The van der Waals surface area contributed by atoms with Crippen LogP contribution in [0.5, 0.6) is 0 Å². The van der Waals surface area contributed by atoms with Crippen LogP contribution in [0, 0.1) is 5.92 Å². The van der Waals surface area contributed by atoms with Crippen LogP contribution in [-0.4, -0.2) is 72.1 Å². The van der Waals surface area contributed by atoms with Gasteiger partial charge in [0.2, 0.25) is 0 Å². The lowest BCUT2D eigenvalue weighted by Crippen LogP contribution is -2.35. The number of fused-ring (bicyclic) bond motifs is 1. The van der Waals surface area contributed by atoms with E-state index in [1.165, 1.54) is 37.3 Å². The molecule has 0 spiro atoms. The molecule has 8 heteroatoms. The molecule has 2 fully saturated rings. The summed E-state index contributed by atoms with van der Waals surface area (Å²) in [4.78, 5) is 17.9. The summed E-state index contributed by atoms with van der Waals surface area (Å²) < 4.78 is 5.99. The molecule has 0 radical (unpaired) electrons. The van der Waals surface area contributed by atoms with E-state index in [2.05, 4.69) is 20.0 Å². The normalized spacial score (nSPS) is 18.1. The smallest absolute Gasteiger partial charge is 0.346 e. The number of nitrogens with zero attached hydrogens (tertiary/aromatic N) is 3. The number of likely N-dealkylation sites (tertiary alicyclic amines) is 1. The molecule has 0 amide bonds. The molecule has 7 nitrogen and oxygen atoms in total. The molecule has 2 aliphatic heterocycles. The second-order valence-corrected chi connectivity index (χ2v) is 9.78. The van der Waals surface area contributed by atoms with Gasteiger partial charge in [0, 0.05) is 31.8 Å². The van der Waals surface area contributed by atoms with Crippen molar-refractivity contribution >= 4 is 33.3 Å². The molecule has 2 aliphatic rings. The number of aromatic nitrogens is 2. The number of carbonyl (C=O) groups is 1. The Morgan fingerprint density at radius 2 is 1.91 bits per heavy atom. The Balaban J connectivity index is 1.26. The summed E-state index contributed by atoms with van der Waals surface area (Å²) in [7, 11) is 0. The van der Waals surface area contributed by atoms with Crippen molar-refractivity contribution in [2.45, 2.75) is 25.7 Å². The van der Waals surface area contributed by atoms with Crippen LogP contribution < -0.4 is 4.90 Å². The first-order valence-electron chi connectivity index (χ1n) is 11.6. The molecule has 2 N–H and O–H groups in total. The van der Waals surface area contributed by atoms with Crippen LogP contribution in [0.2, 0.25) is 0 Å². The predicted molar refractivity (Wildman–Crippen MR) is 128 cm³/mol. The van der Waals surface area contributed by atoms with E-state index >= 15 is 0 Å². The Morgan fingerprint density at radius 1 is 1.16 bits per heavy atom. The number of piperidine rings is 1. The highest BCUT2D eigenvalue weighted by Crippen LogP contribution is 2.43. The third-order valence-electron chi connectivity index (χ3n) is 6.68. The molecule has 1 aromatic carbocycles. The number of H-pyrrole nitrogens is 1. The molecule has 3 aromatic rings. The van der Waals surface area contributed by atoms with Crippen LogP contribution in [0.1, 0.15) is 35.4 Å². The first-order valence-corrected chi connectivity index (χ1v) is 12.4. The van der Waals surface area contributed by atoms with E-state index in [1.54, 1.807) is 0 Å². The van der Waals surface area contributed by atoms with Crippen molar-refractivity contribution in [2.75, 3.05) is 50.8 Å². The van der Waals surface area contributed by atoms with Crippen LogP contribution in [0.4, 0.5) is 5.82 Å². The van der Waals surface area contributed by atoms with E-state index in [0.29, 0.717) is 10.8 Å². The van der Waals surface area contributed by atoms with Crippen molar-refractivity contribution < 1.29 is 14.6 Å². The lowest BCUT2D eigenvalue weighted by molar-refractivity contribution is 0.0703. The number of rotatable bonds is 8. The van der Waals surface area contributed by atoms with Crippen LogP contribution >= 0.6 is 11.3 Å². The SMILES string of the molecule is O=C(O)c1sc2n[nH]c(N3CCC(COCCN4CCCC4)CC3)c2c1-c1ccccc1. The third-order valence-corrected chi connectivity index (χ3v) is 7.75. The van der Waals surface area contributed by atoms with Gasteiger partial charge in [-0.25, -0.2) is 4.79 Å². The Labute approximate surface area is 192 Å². The summed E-state index contributed by atoms with van der Waals surface area (Å²) >= 11 is 1.24. The minimum absolute atomic E-state index is 0.352. The number of anilines is 1. The largest absolute Gasteiger partial charge is 0.477 e. The lowest BCUT2D eigenvalue weighted by atomic mass is 9.97. The van der Waals surface area contributed by atoms with Gasteiger partial charge in [-0.2, -0.15) is 5.10 Å². The summed E-state index contributed by atoms with van der Waals surface area (Å²) in [6, 6.07) is 9.77. The number of carboxylic acids is 1. The summed E-state index contributed by atoms with van der Waals surface area (Å²) in [5.41, 5.74) is 1.69. The number of nitrogens with one attached hydrogen (secondary N) is 1. The number of hydrogen-bond acceptors (Lipinski definition) is 6. The minimum Gasteiger partial charge on any atom is -0.477 e. The molecular formula is C24H30N4O3S. The molecule has 0 bridgehead atoms. The monoisotopic (exact) mass is 454 g/mol.